The van der Waals surface area contributed by atoms with Crippen LogP contribution < -0.4 is 5.32 Å². The van der Waals surface area contributed by atoms with Crippen LogP contribution in [0.25, 0.3) is 0 Å². The Morgan fingerprint density at radius 2 is 2.00 bits per heavy atom. The molecule has 1 aromatic rings. The van der Waals surface area contributed by atoms with Crippen molar-refractivity contribution < 1.29 is 14.7 Å². The second-order valence-corrected chi connectivity index (χ2v) is 6.26. The van der Waals surface area contributed by atoms with E-state index in [1.807, 2.05) is 30.0 Å². The third-order valence-corrected chi connectivity index (χ3v) is 4.64. The molecule has 1 fully saturated rings. The van der Waals surface area contributed by atoms with Gasteiger partial charge in [0.25, 0.3) is 0 Å². The Bertz CT molecular complexity index is 546. The normalized spacial score (nSPS) is 15.9. The fourth-order valence-electron chi connectivity index (χ4n) is 2.46. The number of likely N-dealkylation sites (tertiary alicyclic amines) is 1. The Balaban J connectivity index is 0.00000242. The molecular weight excluding hydrogens is 372 g/mol. The zero-order chi connectivity index (χ0) is 15.4. The SMILES string of the molecule is Cc1cc(NC(=O)CN2CCC(C(=O)O)CC2)ccc1Br.Cl. The summed E-state index contributed by atoms with van der Waals surface area (Å²) in [6.45, 7) is 3.59. The van der Waals surface area contributed by atoms with Gasteiger partial charge in [-0.3, -0.25) is 14.5 Å². The quantitative estimate of drug-likeness (QED) is 0.828. The molecule has 0 unspecified atom stereocenters. The fourth-order valence-corrected chi connectivity index (χ4v) is 2.71. The zero-order valence-electron chi connectivity index (χ0n) is 12.3. The lowest BCUT2D eigenvalue weighted by Gasteiger charge is -2.29. The zero-order valence-corrected chi connectivity index (χ0v) is 14.7. The molecule has 1 aromatic carbocycles. The molecule has 1 saturated heterocycles. The van der Waals surface area contributed by atoms with Crippen LogP contribution in [0.1, 0.15) is 18.4 Å². The first-order chi connectivity index (χ1) is 9.95. The summed E-state index contributed by atoms with van der Waals surface area (Å²) in [6, 6.07) is 5.67. The number of carboxylic acid groups (broad SMARTS) is 1. The minimum atomic E-state index is -0.732. The fraction of sp³-hybridized carbons (Fsp3) is 0.467. The predicted molar refractivity (Wildman–Crippen MR) is 91.6 cm³/mol. The summed E-state index contributed by atoms with van der Waals surface area (Å²) in [5.74, 6) is -1.06. The van der Waals surface area contributed by atoms with E-state index in [0.717, 1.165) is 15.7 Å². The maximum absolute atomic E-state index is 12.0. The van der Waals surface area contributed by atoms with E-state index >= 15 is 0 Å². The third kappa shape index (κ3) is 5.26. The first kappa shape index (κ1) is 18.9. The number of aryl methyl sites for hydroxylation is 1. The molecule has 2 rings (SSSR count). The number of piperidine rings is 1. The van der Waals surface area contributed by atoms with Crippen molar-refractivity contribution in [3.63, 3.8) is 0 Å². The summed E-state index contributed by atoms with van der Waals surface area (Å²) in [6.07, 6.45) is 1.22. The van der Waals surface area contributed by atoms with Crippen LogP contribution in [-0.4, -0.2) is 41.5 Å². The maximum Gasteiger partial charge on any atom is 0.306 e. The molecule has 0 atom stereocenters. The van der Waals surface area contributed by atoms with E-state index in [0.29, 0.717) is 32.5 Å². The number of benzene rings is 1. The lowest BCUT2D eigenvalue weighted by Crippen LogP contribution is -2.40. The molecule has 0 bridgehead atoms. The van der Waals surface area contributed by atoms with Crippen molar-refractivity contribution in [3.8, 4) is 0 Å². The summed E-state index contributed by atoms with van der Waals surface area (Å²) >= 11 is 3.42. The molecular formula is C15H20BrClN2O3. The van der Waals surface area contributed by atoms with Gasteiger partial charge >= 0.3 is 5.97 Å². The molecule has 0 saturated carbocycles. The molecule has 1 amide bonds. The minimum Gasteiger partial charge on any atom is -0.481 e. The molecule has 5 nitrogen and oxygen atoms in total. The molecule has 1 aliphatic heterocycles. The summed E-state index contributed by atoms with van der Waals surface area (Å²) < 4.78 is 1.01. The van der Waals surface area contributed by atoms with Gasteiger partial charge in [0.15, 0.2) is 0 Å². The van der Waals surface area contributed by atoms with Crippen LogP contribution in [0.3, 0.4) is 0 Å². The Hall–Kier alpha value is -1.11. The number of rotatable bonds is 4. The van der Waals surface area contributed by atoms with Gasteiger partial charge in [0.2, 0.25) is 5.91 Å². The van der Waals surface area contributed by atoms with Gasteiger partial charge in [-0.1, -0.05) is 15.9 Å². The monoisotopic (exact) mass is 390 g/mol. The average molecular weight is 392 g/mol. The summed E-state index contributed by atoms with van der Waals surface area (Å²) in [5, 5.41) is 11.8. The average Bonchev–Trinajstić information content (AvgIpc) is 2.43. The topological polar surface area (TPSA) is 69.6 Å². The molecule has 1 heterocycles. The number of hydrogen-bond acceptors (Lipinski definition) is 3. The number of nitrogens with zero attached hydrogens (tertiary/aromatic N) is 1. The lowest BCUT2D eigenvalue weighted by atomic mass is 9.97. The predicted octanol–water partition coefficient (Wildman–Crippen LogP) is 2.91. The van der Waals surface area contributed by atoms with E-state index in [-0.39, 0.29) is 24.2 Å². The number of anilines is 1. The number of amides is 1. The van der Waals surface area contributed by atoms with Gasteiger partial charge in [-0.05, 0) is 56.6 Å². The smallest absolute Gasteiger partial charge is 0.306 e. The molecule has 7 heteroatoms. The van der Waals surface area contributed by atoms with Crippen LogP contribution in [0.5, 0.6) is 0 Å². The van der Waals surface area contributed by atoms with Gasteiger partial charge in [-0.15, -0.1) is 12.4 Å². The van der Waals surface area contributed by atoms with Gasteiger partial charge in [0.1, 0.15) is 0 Å². The molecule has 2 N–H and O–H groups in total. The second kappa shape index (κ2) is 8.50. The highest BCUT2D eigenvalue weighted by Gasteiger charge is 2.25. The van der Waals surface area contributed by atoms with Crippen LogP contribution in [0.15, 0.2) is 22.7 Å². The number of carbonyl (C=O) groups excluding carboxylic acids is 1. The minimum absolute atomic E-state index is 0. The standard InChI is InChI=1S/C15H19BrN2O3.ClH/c1-10-8-12(2-3-13(10)16)17-14(19)9-18-6-4-11(5-7-18)15(20)21;/h2-3,8,11H,4-7,9H2,1H3,(H,17,19)(H,20,21);1H. The molecule has 122 valence electrons. The van der Waals surface area contributed by atoms with E-state index in [1.165, 1.54) is 0 Å². The lowest BCUT2D eigenvalue weighted by molar-refractivity contribution is -0.143. The van der Waals surface area contributed by atoms with Crippen molar-refractivity contribution in [1.82, 2.24) is 4.90 Å². The highest BCUT2D eigenvalue weighted by Crippen LogP contribution is 2.20. The molecule has 0 aliphatic carbocycles. The van der Waals surface area contributed by atoms with Crippen molar-refractivity contribution in [2.75, 3.05) is 25.0 Å². The van der Waals surface area contributed by atoms with Crippen LogP contribution in [-0.2, 0) is 9.59 Å². The van der Waals surface area contributed by atoms with E-state index < -0.39 is 5.97 Å². The van der Waals surface area contributed by atoms with Crippen molar-refractivity contribution in [3.05, 3.63) is 28.2 Å². The van der Waals surface area contributed by atoms with Gasteiger partial charge in [0, 0.05) is 10.2 Å². The van der Waals surface area contributed by atoms with Gasteiger partial charge in [0.05, 0.1) is 12.5 Å². The molecule has 1 aliphatic rings. The van der Waals surface area contributed by atoms with Crippen molar-refractivity contribution >= 4 is 45.9 Å². The number of hydrogen-bond donors (Lipinski definition) is 2. The number of halogens is 2. The maximum atomic E-state index is 12.0. The van der Waals surface area contributed by atoms with Crippen LogP contribution >= 0.6 is 28.3 Å². The molecule has 0 radical (unpaired) electrons. The summed E-state index contributed by atoms with van der Waals surface area (Å²) in [7, 11) is 0. The second-order valence-electron chi connectivity index (χ2n) is 5.40. The third-order valence-electron chi connectivity index (χ3n) is 3.75. The Morgan fingerprint density at radius 1 is 1.36 bits per heavy atom. The van der Waals surface area contributed by atoms with Gasteiger partial charge in [-0.25, -0.2) is 0 Å². The highest BCUT2D eigenvalue weighted by atomic mass is 79.9. The number of carbonyl (C=O) groups is 2. The number of nitrogens with one attached hydrogen (secondary N) is 1. The van der Waals surface area contributed by atoms with E-state index in [4.69, 9.17) is 5.11 Å². The van der Waals surface area contributed by atoms with Crippen molar-refractivity contribution in [1.29, 1.82) is 0 Å². The van der Waals surface area contributed by atoms with E-state index in [9.17, 15) is 9.59 Å². The van der Waals surface area contributed by atoms with Crippen LogP contribution in [0.4, 0.5) is 5.69 Å². The van der Waals surface area contributed by atoms with Crippen LogP contribution in [0, 0.1) is 12.8 Å². The Labute approximate surface area is 144 Å². The number of aliphatic carboxylic acids is 1. The highest BCUT2D eigenvalue weighted by molar-refractivity contribution is 9.10. The van der Waals surface area contributed by atoms with Crippen molar-refractivity contribution in [2.45, 2.75) is 19.8 Å². The Kier molecular flexibility index (Phi) is 7.32. The van der Waals surface area contributed by atoms with Crippen LogP contribution in [0.2, 0.25) is 0 Å². The molecule has 0 spiro atoms. The van der Waals surface area contributed by atoms with Gasteiger partial charge < -0.3 is 10.4 Å². The van der Waals surface area contributed by atoms with Crippen molar-refractivity contribution in [2.24, 2.45) is 5.92 Å². The first-order valence-electron chi connectivity index (χ1n) is 6.97. The molecule has 0 aromatic heterocycles. The number of carboxylic acids is 1. The molecule has 22 heavy (non-hydrogen) atoms. The van der Waals surface area contributed by atoms with Gasteiger partial charge in [-0.2, -0.15) is 0 Å². The summed E-state index contributed by atoms with van der Waals surface area (Å²) in [5.41, 5.74) is 1.84. The first-order valence-corrected chi connectivity index (χ1v) is 7.76. The summed E-state index contributed by atoms with van der Waals surface area (Å²) in [4.78, 5) is 24.9. The largest absolute Gasteiger partial charge is 0.481 e. The Morgan fingerprint density at radius 3 is 2.55 bits per heavy atom. The van der Waals surface area contributed by atoms with E-state index in [1.54, 1.807) is 0 Å². The van der Waals surface area contributed by atoms with E-state index in [2.05, 4.69) is 21.2 Å².